The van der Waals surface area contributed by atoms with E-state index in [4.69, 9.17) is 0 Å². The Kier molecular flexibility index (Phi) is 3.77. The van der Waals surface area contributed by atoms with Gasteiger partial charge in [-0.15, -0.1) is 0 Å². The van der Waals surface area contributed by atoms with Gasteiger partial charge >= 0.3 is 0 Å². The van der Waals surface area contributed by atoms with Crippen LogP contribution in [0.2, 0.25) is 0 Å². The number of benzene rings is 1. The third-order valence-corrected chi connectivity index (χ3v) is 3.45. The molecule has 0 radical (unpaired) electrons. The zero-order valence-electron chi connectivity index (χ0n) is 10.1. The molecular formula is C14H18FNO. The summed E-state index contributed by atoms with van der Waals surface area (Å²) < 4.78 is 13.1. The molecule has 1 aliphatic carbocycles. The van der Waals surface area contributed by atoms with Crippen molar-refractivity contribution in [1.29, 1.82) is 0 Å². The standard InChI is InChI=1S/C14H18FNO/c1-10-8-12(6-7-13(10)15)14(17)16-9-11-4-2-3-5-11/h6-8,11H,2-5,9H2,1H3,(H,16,17). The first-order valence-corrected chi connectivity index (χ1v) is 6.21. The Labute approximate surface area is 101 Å². The Morgan fingerprint density at radius 2 is 2.12 bits per heavy atom. The summed E-state index contributed by atoms with van der Waals surface area (Å²) in [4.78, 5) is 11.8. The van der Waals surface area contributed by atoms with Crippen LogP contribution in [0.15, 0.2) is 18.2 Å². The maximum atomic E-state index is 13.1. The first kappa shape index (κ1) is 12.1. The van der Waals surface area contributed by atoms with E-state index in [0.717, 1.165) is 6.54 Å². The van der Waals surface area contributed by atoms with Gasteiger partial charge in [-0.1, -0.05) is 12.8 Å². The Hall–Kier alpha value is -1.38. The molecule has 0 atom stereocenters. The highest BCUT2D eigenvalue weighted by Crippen LogP contribution is 2.23. The average molecular weight is 235 g/mol. The molecule has 1 aliphatic rings. The summed E-state index contributed by atoms with van der Waals surface area (Å²) >= 11 is 0. The lowest BCUT2D eigenvalue weighted by molar-refractivity contribution is 0.0947. The van der Waals surface area contributed by atoms with Gasteiger partial charge in [-0.3, -0.25) is 4.79 Å². The fourth-order valence-corrected chi connectivity index (χ4v) is 2.34. The van der Waals surface area contributed by atoms with Gasteiger partial charge in [0.15, 0.2) is 0 Å². The summed E-state index contributed by atoms with van der Waals surface area (Å²) in [7, 11) is 0. The normalized spacial score (nSPS) is 16.1. The lowest BCUT2D eigenvalue weighted by Gasteiger charge is -2.10. The molecule has 0 unspecified atom stereocenters. The second-order valence-corrected chi connectivity index (χ2v) is 4.82. The first-order valence-electron chi connectivity index (χ1n) is 6.21. The van der Waals surface area contributed by atoms with Crippen molar-refractivity contribution >= 4 is 5.91 Å². The Morgan fingerprint density at radius 1 is 1.41 bits per heavy atom. The highest BCUT2D eigenvalue weighted by Gasteiger charge is 2.16. The summed E-state index contributed by atoms with van der Waals surface area (Å²) in [5, 5.41) is 2.93. The molecule has 3 heteroatoms. The van der Waals surface area contributed by atoms with Crippen molar-refractivity contribution < 1.29 is 9.18 Å². The fourth-order valence-electron chi connectivity index (χ4n) is 2.34. The largest absolute Gasteiger partial charge is 0.352 e. The van der Waals surface area contributed by atoms with Crippen LogP contribution in [0.3, 0.4) is 0 Å². The minimum atomic E-state index is -0.266. The van der Waals surface area contributed by atoms with Crippen molar-refractivity contribution in [3.05, 3.63) is 35.1 Å². The van der Waals surface area contributed by atoms with Crippen LogP contribution in [-0.2, 0) is 0 Å². The molecule has 0 bridgehead atoms. The summed E-state index contributed by atoms with van der Waals surface area (Å²) in [5.41, 5.74) is 1.06. The molecule has 1 aromatic carbocycles. The molecule has 0 aromatic heterocycles. The van der Waals surface area contributed by atoms with Crippen LogP contribution in [0.25, 0.3) is 0 Å². The topological polar surface area (TPSA) is 29.1 Å². The van der Waals surface area contributed by atoms with Crippen molar-refractivity contribution in [3.63, 3.8) is 0 Å². The van der Waals surface area contributed by atoms with Gasteiger partial charge in [0.25, 0.3) is 5.91 Å². The third kappa shape index (κ3) is 3.05. The van der Waals surface area contributed by atoms with Gasteiger partial charge in [0.1, 0.15) is 5.82 Å². The zero-order valence-corrected chi connectivity index (χ0v) is 10.1. The van der Waals surface area contributed by atoms with Crippen molar-refractivity contribution in [1.82, 2.24) is 5.32 Å². The van der Waals surface area contributed by atoms with E-state index in [9.17, 15) is 9.18 Å². The lowest BCUT2D eigenvalue weighted by atomic mass is 10.1. The van der Waals surface area contributed by atoms with Gasteiger partial charge in [0.2, 0.25) is 0 Å². The van der Waals surface area contributed by atoms with Gasteiger partial charge in [-0.2, -0.15) is 0 Å². The smallest absolute Gasteiger partial charge is 0.251 e. The Balaban J connectivity index is 1.92. The number of amides is 1. The second kappa shape index (κ2) is 5.30. The number of nitrogens with one attached hydrogen (secondary N) is 1. The van der Waals surface area contributed by atoms with Crippen LogP contribution in [0.1, 0.15) is 41.6 Å². The van der Waals surface area contributed by atoms with E-state index >= 15 is 0 Å². The van der Waals surface area contributed by atoms with Gasteiger partial charge in [0, 0.05) is 12.1 Å². The van der Waals surface area contributed by atoms with E-state index < -0.39 is 0 Å². The molecule has 1 fully saturated rings. The number of aryl methyl sites for hydroxylation is 1. The predicted octanol–water partition coefficient (Wildman–Crippen LogP) is 3.05. The van der Waals surface area contributed by atoms with Gasteiger partial charge < -0.3 is 5.32 Å². The second-order valence-electron chi connectivity index (χ2n) is 4.82. The van der Waals surface area contributed by atoms with Crippen molar-refractivity contribution in [2.75, 3.05) is 6.54 Å². The molecule has 0 aliphatic heterocycles. The maximum Gasteiger partial charge on any atom is 0.251 e. The number of carbonyl (C=O) groups is 1. The van der Waals surface area contributed by atoms with Gasteiger partial charge in [-0.05, 0) is 49.4 Å². The first-order chi connectivity index (χ1) is 8.16. The molecule has 2 rings (SSSR count). The lowest BCUT2D eigenvalue weighted by Crippen LogP contribution is -2.28. The van der Waals surface area contributed by atoms with E-state index in [1.807, 2.05) is 0 Å². The molecule has 0 saturated heterocycles. The molecule has 1 amide bonds. The minimum absolute atomic E-state index is 0.0972. The molecule has 1 saturated carbocycles. The maximum absolute atomic E-state index is 13.1. The van der Waals surface area contributed by atoms with E-state index in [-0.39, 0.29) is 11.7 Å². The van der Waals surface area contributed by atoms with E-state index in [2.05, 4.69) is 5.32 Å². The molecule has 1 N–H and O–H groups in total. The number of rotatable bonds is 3. The van der Waals surface area contributed by atoms with E-state index in [0.29, 0.717) is 17.0 Å². The van der Waals surface area contributed by atoms with Crippen LogP contribution in [0.4, 0.5) is 4.39 Å². The van der Waals surface area contributed by atoms with Gasteiger partial charge in [-0.25, -0.2) is 4.39 Å². The van der Waals surface area contributed by atoms with Crippen LogP contribution in [0.5, 0.6) is 0 Å². The van der Waals surface area contributed by atoms with Crippen LogP contribution in [-0.4, -0.2) is 12.5 Å². The summed E-state index contributed by atoms with van der Waals surface area (Å²) in [6.45, 7) is 2.42. The average Bonchev–Trinajstić information content (AvgIpc) is 2.82. The number of carbonyl (C=O) groups excluding carboxylic acids is 1. The highest BCUT2D eigenvalue weighted by atomic mass is 19.1. The highest BCUT2D eigenvalue weighted by molar-refractivity contribution is 5.94. The number of halogens is 1. The van der Waals surface area contributed by atoms with Crippen LogP contribution in [0, 0.1) is 18.7 Å². The SMILES string of the molecule is Cc1cc(C(=O)NCC2CCCC2)ccc1F. The van der Waals surface area contributed by atoms with E-state index in [1.54, 1.807) is 13.0 Å². The number of hydrogen-bond donors (Lipinski definition) is 1. The molecule has 2 nitrogen and oxygen atoms in total. The summed E-state index contributed by atoms with van der Waals surface area (Å²) in [5.74, 6) is 0.262. The Bertz CT molecular complexity index is 411. The molecule has 0 spiro atoms. The predicted molar refractivity (Wildman–Crippen MR) is 65.4 cm³/mol. The van der Waals surface area contributed by atoms with Crippen molar-refractivity contribution in [2.45, 2.75) is 32.6 Å². The van der Waals surface area contributed by atoms with Crippen LogP contribution < -0.4 is 5.32 Å². The molecule has 92 valence electrons. The molecule has 1 aromatic rings. The minimum Gasteiger partial charge on any atom is -0.352 e. The van der Waals surface area contributed by atoms with Crippen LogP contribution >= 0.6 is 0 Å². The summed E-state index contributed by atoms with van der Waals surface area (Å²) in [6.07, 6.45) is 4.97. The van der Waals surface area contributed by atoms with Crippen molar-refractivity contribution in [2.24, 2.45) is 5.92 Å². The third-order valence-electron chi connectivity index (χ3n) is 3.45. The quantitative estimate of drug-likeness (QED) is 0.857. The van der Waals surface area contributed by atoms with E-state index in [1.165, 1.54) is 37.8 Å². The summed E-state index contributed by atoms with van der Waals surface area (Å²) in [6, 6.07) is 4.48. The molecule has 17 heavy (non-hydrogen) atoms. The zero-order chi connectivity index (χ0) is 12.3. The van der Waals surface area contributed by atoms with Gasteiger partial charge in [0.05, 0.1) is 0 Å². The molecular weight excluding hydrogens is 217 g/mol. The Morgan fingerprint density at radius 3 is 2.76 bits per heavy atom. The molecule has 0 heterocycles. The fraction of sp³-hybridized carbons (Fsp3) is 0.500. The monoisotopic (exact) mass is 235 g/mol. The van der Waals surface area contributed by atoms with Crippen molar-refractivity contribution in [3.8, 4) is 0 Å². The number of hydrogen-bond acceptors (Lipinski definition) is 1.